The quantitative estimate of drug-likeness (QED) is 0.377. The van der Waals surface area contributed by atoms with Crippen molar-refractivity contribution in [2.24, 2.45) is 5.10 Å². The van der Waals surface area contributed by atoms with Crippen molar-refractivity contribution >= 4 is 29.4 Å². The van der Waals surface area contributed by atoms with Crippen LogP contribution in [0.2, 0.25) is 5.02 Å². The summed E-state index contributed by atoms with van der Waals surface area (Å²) >= 11 is 5.77. The van der Waals surface area contributed by atoms with Crippen LogP contribution in [0.25, 0.3) is 5.69 Å². The molecule has 9 heteroatoms. The Hall–Kier alpha value is -3.52. The molecule has 0 spiro atoms. The second-order valence-electron chi connectivity index (χ2n) is 6.26. The fourth-order valence-corrected chi connectivity index (χ4v) is 3.14. The van der Waals surface area contributed by atoms with Crippen LogP contribution in [0.15, 0.2) is 53.6 Å². The Morgan fingerprint density at radius 2 is 1.90 bits per heavy atom. The molecule has 0 atom stereocenters. The number of nitro benzene ring substituents is 1. The first kappa shape index (κ1) is 20.2. The molecule has 0 fully saturated rings. The molecule has 0 radical (unpaired) electrons. The summed E-state index contributed by atoms with van der Waals surface area (Å²) in [4.78, 5) is 22.8. The van der Waals surface area contributed by atoms with Gasteiger partial charge in [-0.05, 0) is 50.2 Å². The third kappa shape index (κ3) is 4.33. The molecule has 0 saturated heterocycles. The van der Waals surface area contributed by atoms with Crippen LogP contribution in [0.4, 0.5) is 10.1 Å². The number of benzene rings is 2. The van der Waals surface area contributed by atoms with Gasteiger partial charge in [0.05, 0.1) is 16.7 Å². The lowest BCUT2D eigenvalue weighted by Crippen LogP contribution is -2.18. The number of hydrogen-bond acceptors (Lipinski definition) is 4. The minimum absolute atomic E-state index is 0.0180. The van der Waals surface area contributed by atoms with Crippen molar-refractivity contribution in [3.05, 3.63) is 92.0 Å². The minimum atomic E-state index is -0.595. The third-order valence-corrected chi connectivity index (χ3v) is 4.63. The van der Waals surface area contributed by atoms with E-state index in [2.05, 4.69) is 10.5 Å². The maximum absolute atomic E-state index is 13.2. The van der Waals surface area contributed by atoms with Crippen LogP contribution >= 0.6 is 11.6 Å². The first-order valence-electron chi connectivity index (χ1n) is 8.50. The molecule has 29 heavy (non-hydrogen) atoms. The van der Waals surface area contributed by atoms with Crippen LogP contribution < -0.4 is 5.43 Å². The van der Waals surface area contributed by atoms with E-state index in [4.69, 9.17) is 11.6 Å². The standard InChI is InChI=1S/C20H16ClFN4O3/c1-12-9-17(13(2)25(12)16-6-4-15(22)5-7-16)20(27)24-23-11-14-3-8-18(21)19(10-14)26(28)29/h3-11H,1-2H3,(H,24,27)/b23-11+. The molecular weight excluding hydrogens is 399 g/mol. The maximum Gasteiger partial charge on any atom is 0.288 e. The molecular formula is C20H16ClFN4O3. The summed E-state index contributed by atoms with van der Waals surface area (Å²) in [5.41, 5.74) is 5.19. The lowest BCUT2D eigenvalue weighted by Gasteiger charge is -2.09. The number of carbonyl (C=O) groups excluding carboxylic acids is 1. The highest BCUT2D eigenvalue weighted by Crippen LogP contribution is 2.24. The topological polar surface area (TPSA) is 89.5 Å². The van der Waals surface area contributed by atoms with Gasteiger partial charge < -0.3 is 4.57 Å². The molecule has 1 aromatic heterocycles. The summed E-state index contributed by atoms with van der Waals surface area (Å²) in [5.74, 6) is -0.780. The van der Waals surface area contributed by atoms with Crippen molar-refractivity contribution in [2.75, 3.05) is 0 Å². The predicted octanol–water partition coefficient (Wildman–Crippen LogP) is 4.56. The molecule has 0 aliphatic carbocycles. The Morgan fingerprint density at radius 3 is 2.55 bits per heavy atom. The summed E-state index contributed by atoms with van der Waals surface area (Å²) in [6, 6.07) is 11.9. The normalized spacial score (nSPS) is 11.0. The Balaban J connectivity index is 1.79. The van der Waals surface area contributed by atoms with E-state index in [1.807, 2.05) is 11.5 Å². The van der Waals surface area contributed by atoms with E-state index in [1.165, 1.54) is 30.5 Å². The van der Waals surface area contributed by atoms with Gasteiger partial charge in [0.2, 0.25) is 0 Å². The van der Waals surface area contributed by atoms with Gasteiger partial charge in [0.25, 0.3) is 11.6 Å². The smallest absolute Gasteiger partial charge is 0.288 e. The molecule has 0 bridgehead atoms. The molecule has 148 valence electrons. The van der Waals surface area contributed by atoms with Gasteiger partial charge in [-0.15, -0.1) is 0 Å². The molecule has 1 N–H and O–H groups in total. The van der Waals surface area contributed by atoms with Gasteiger partial charge in [-0.3, -0.25) is 14.9 Å². The van der Waals surface area contributed by atoms with Gasteiger partial charge in [-0.25, -0.2) is 9.82 Å². The van der Waals surface area contributed by atoms with Gasteiger partial charge in [-0.2, -0.15) is 5.10 Å². The van der Waals surface area contributed by atoms with Crippen LogP contribution in [-0.4, -0.2) is 21.6 Å². The summed E-state index contributed by atoms with van der Waals surface area (Å²) in [6.45, 7) is 3.61. The molecule has 3 aromatic rings. The van der Waals surface area contributed by atoms with E-state index in [1.54, 1.807) is 31.2 Å². The van der Waals surface area contributed by atoms with Crippen molar-refractivity contribution in [2.45, 2.75) is 13.8 Å². The van der Waals surface area contributed by atoms with Crippen LogP contribution in [0.5, 0.6) is 0 Å². The zero-order valence-corrected chi connectivity index (χ0v) is 16.3. The van der Waals surface area contributed by atoms with E-state index in [0.717, 1.165) is 11.4 Å². The largest absolute Gasteiger partial charge is 0.318 e. The molecule has 2 aromatic carbocycles. The zero-order chi connectivity index (χ0) is 21.1. The average molecular weight is 415 g/mol. The highest BCUT2D eigenvalue weighted by Gasteiger charge is 2.16. The van der Waals surface area contributed by atoms with E-state index < -0.39 is 10.8 Å². The molecule has 3 rings (SSSR count). The monoisotopic (exact) mass is 414 g/mol. The number of carbonyl (C=O) groups is 1. The number of hydrogen-bond donors (Lipinski definition) is 1. The van der Waals surface area contributed by atoms with Gasteiger partial charge in [0.15, 0.2) is 0 Å². The van der Waals surface area contributed by atoms with E-state index in [0.29, 0.717) is 16.8 Å². The van der Waals surface area contributed by atoms with Crippen LogP contribution in [0, 0.1) is 29.8 Å². The summed E-state index contributed by atoms with van der Waals surface area (Å²) in [5, 5.41) is 14.8. The number of rotatable bonds is 5. The summed E-state index contributed by atoms with van der Waals surface area (Å²) in [6.07, 6.45) is 1.29. The summed E-state index contributed by atoms with van der Waals surface area (Å²) in [7, 11) is 0. The first-order chi connectivity index (χ1) is 13.8. The van der Waals surface area contributed by atoms with Crippen molar-refractivity contribution in [1.82, 2.24) is 9.99 Å². The van der Waals surface area contributed by atoms with E-state index in [-0.39, 0.29) is 16.5 Å². The molecule has 0 aliphatic rings. The lowest BCUT2D eigenvalue weighted by atomic mass is 10.2. The van der Waals surface area contributed by atoms with Gasteiger partial charge in [-0.1, -0.05) is 17.7 Å². The lowest BCUT2D eigenvalue weighted by molar-refractivity contribution is -0.384. The summed E-state index contributed by atoms with van der Waals surface area (Å²) < 4.78 is 15.0. The highest BCUT2D eigenvalue weighted by molar-refractivity contribution is 6.32. The van der Waals surface area contributed by atoms with Crippen molar-refractivity contribution in [1.29, 1.82) is 0 Å². The van der Waals surface area contributed by atoms with Gasteiger partial charge >= 0.3 is 0 Å². The van der Waals surface area contributed by atoms with Gasteiger partial charge in [0, 0.05) is 28.7 Å². The molecule has 1 heterocycles. The first-order valence-corrected chi connectivity index (χ1v) is 8.88. The second-order valence-corrected chi connectivity index (χ2v) is 6.67. The average Bonchev–Trinajstić information content (AvgIpc) is 2.98. The molecule has 0 aliphatic heterocycles. The zero-order valence-electron chi connectivity index (χ0n) is 15.5. The number of hydrazone groups is 1. The predicted molar refractivity (Wildman–Crippen MR) is 108 cm³/mol. The number of amides is 1. The number of nitrogens with zero attached hydrogens (tertiary/aromatic N) is 3. The Kier molecular flexibility index (Phi) is 5.74. The number of aromatic nitrogens is 1. The van der Waals surface area contributed by atoms with E-state index in [9.17, 15) is 19.3 Å². The van der Waals surface area contributed by atoms with Crippen LogP contribution in [-0.2, 0) is 0 Å². The third-order valence-electron chi connectivity index (χ3n) is 4.31. The molecule has 1 amide bonds. The van der Waals surface area contributed by atoms with E-state index >= 15 is 0 Å². The molecule has 0 unspecified atom stereocenters. The molecule has 7 nitrogen and oxygen atoms in total. The van der Waals surface area contributed by atoms with Crippen LogP contribution in [0.1, 0.15) is 27.3 Å². The fraction of sp³-hybridized carbons (Fsp3) is 0.100. The number of aryl methyl sites for hydroxylation is 1. The van der Waals surface area contributed by atoms with Gasteiger partial charge in [0.1, 0.15) is 10.8 Å². The highest BCUT2D eigenvalue weighted by atomic mass is 35.5. The number of nitrogens with one attached hydrogen (secondary N) is 1. The SMILES string of the molecule is Cc1cc(C(=O)N/N=C/c2ccc(Cl)c([N+](=O)[O-])c2)c(C)n1-c1ccc(F)cc1. The van der Waals surface area contributed by atoms with Crippen LogP contribution in [0.3, 0.4) is 0 Å². The minimum Gasteiger partial charge on any atom is -0.318 e. The Morgan fingerprint density at radius 1 is 1.21 bits per heavy atom. The molecule has 0 saturated carbocycles. The van der Waals surface area contributed by atoms with Crippen molar-refractivity contribution in [3.8, 4) is 5.69 Å². The van der Waals surface area contributed by atoms with Crippen molar-refractivity contribution < 1.29 is 14.1 Å². The maximum atomic E-state index is 13.2. The number of halogens is 2. The Labute approximate surface area is 170 Å². The Bertz CT molecular complexity index is 1120. The fourth-order valence-electron chi connectivity index (χ4n) is 2.96. The van der Waals surface area contributed by atoms with Crippen molar-refractivity contribution in [3.63, 3.8) is 0 Å². The second kappa shape index (κ2) is 8.24. The number of nitro groups is 1.